The Hall–Kier alpha value is -2.78. The number of para-hydroxylation sites is 1. The van der Waals surface area contributed by atoms with Gasteiger partial charge >= 0.3 is 0 Å². The highest BCUT2D eigenvalue weighted by atomic mass is 32.2. The van der Waals surface area contributed by atoms with Crippen LogP contribution < -0.4 is 0 Å². The second-order valence-corrected chi connectivity index (χ2v) is 8.76. The first-order valence-electron chi connectivity index (χ1n) is 10.3. The standard InChI is InChI=1S/C22H26N6O2S/c1-14-10-15(2)24-22(23-14)31-13-19-20(21(29)27-11-16(3)30-17(4)12-27)25-26-28(19)18-8-6-5-7-9-18/h5-10,16-17H,11-13H2,1-4H3. The van der Waals surface area contributed by atoms with Gasteiger partial charge in [-0.25, -0.2) is 14.6 Å². The van der Waals surface area contributed by atoms with Crippen LogP contribution in [0, 0.1) is 13.8 Å². The predicted octanol–water partition coefficient (Wildman–Crippen LogP) is 3.22. The van der Waals surface area contributed by atoms with E-state index in [0.29, 0.717) is 29.7 Å². The molecule has 0 radical (unpaired) electrons. The summed E-state index contributed by atoms with van der Waals surface area (Å²) >= 11 is 1.48. The molecule has 0 saturated carbocycles. The van der Waals surface area contributed by atoms with Crippen LogP contribution in [0.5, 0.6) is 0 Å². The van der Waals surface area contributed by atoms with E-state index in [-0.39, 0.29) is 18.1 Å². The molecule has 4 rings (SSSR count). The fourth-order valence-electron chi connectivity index (χ4n) is 3.76. The maximum atomic E-state index is 13.4. The molecule has 9 heteroatoms. The third kappa shape index (κ3) is 4.94. The lowest BCUT2D eigenvalue weighted by molar-refractivity contribution is -0.0587. The van der Waals surface area contributed by atoms with Gasteiger partial charge in [-0.1, -0.05) is 35.2 Å². The number of amides is 1. The largest absolute Gasteiger partial charge is 0.372 e. The van der Waals surface area contributed by atoms with Crippen molar-refractivity contribution < 1.29 is 9.53 Å². The van der Waals surface area contributed by atoms with Crippen molar-refractivity contribution in [2.24, 2.45) is 0 Å². The topological polar surface area (TPSA) is 86.0 Å². The summed E-state index contributed by atoms with van der Waals surface area (Å²) in [6, 6.07) is 11.7. The Kier molecular flexibility index (Phi) is 6.33. The van der Waals surface area contributed by atoms with E-state index in [9.17, 15) is 4.79 Å². The molecule has 2 aromatic heterocycles. The summed E-state index contributed by atoms with van der Waals surface area (Å²) in [7, 11) is 0. The zero-order valence-corrected chi connectivity index (χ0v) is 19.0. The van der Waals surface area contributed by atoms with Crippen molar-refractivity contribution in [2.45, 2.75) is 50.8 Å². The third-order valence-corrected chi connectivity index (χ3v) is 5.83. The lowest BCUT2D eigenvalue weighted by Crippen LogP contribution is -2.48. The summed E-state index contributed by atoms with van der Waals surface area (Å²) in [5.41, 5.74) is 3.78. The van der Waals surface area contributed by atoms with Gasteiger partial charge in [-0.05, 0) is 45.9 Å². The number of nitrogens with zero attached hydrogens (tertiary/aromatic N) is 6. The van der Waals surface area contributed by atoms with Crippen LogP contribution in [0.2, 0.25) is 0 Å². The highest BCUT2D eigenvalue weighted by molar-refractivity contribution is 7.98. The number of carbonyl (C=O) groups is 1. The average Bonchev–Trinajstić information content (AvgIpc) is 3.15. The van der Waals surface area contributed by atoms with Gasteiger partial charge in [0.05, 0.1) is 23.6 Å². The molecule has 1 fully saturated rings. The summed E-state index contributed by atoms with van der Waals surface area (Å²) in [6.07, 6.45) is -0.0308. The zero-order chi connectivity index (χ0) is 22.0. The van der Waals surface area contributed by atoms with Gasteiger partial charge in [-0.2, -0.15) is 0 Å². The molecule has 0 aliphatic carbocycles. The van der Waals surface area contributed by atoms with Crippen molar-refractivity contribution in [2.75, 3.05) is 13.1 Å². The minimum absolute atomic E-state index is 0.0154. The normalized spacial score (nSPS) is 18.9. The number of carbonyl (C=O) groups excluding carboxylic acids is 1. The van der Waals surface area contributed by atoms with E-state index >= 15 is 0 Å². The van der Waals surface area contributed by atoms with Crippen LogP contribution in [0.15, 0.2) is 41.6 Å². The zero-order valence-electron chi connectivity index (χ0n) is 18.1. The second kappa shape index (κ2) is 9.15. The van der Waals surface area contributed by atoms with Gasteiger partial charge in [-0.15, -0.1) is 5.10 Å². The molecule has 2 atom stereocenters. The molecular weight excluding hydrogens is 412 g/mol. The van der Waals surface area contributed by atoms with E-state index < -0.39 is 0 Å². The van der Waals surface area contributed by atoms with Gasteiger partial charge in [0, 0.05) is 30.2 Å². The van der Waals surface area contributed by atoms with Crippen molar-refractivity contribution in [3.63, 3.8) is 0 Å². The van der Waals surface area contributed by atoms with Crippen LogP contribution in [-0.4, -0.2) is 61.1 Å². The van der Waals surface area contributed by atoms with Gasteiger partial charge in [0.25, 0.3) is 5.91 Å². The molecule has 1 amide bonds. The molecular formula is C22H26N6O2S. The fraction of sp³-hybridized carbons (Fsp3) is 0.409. The molecule has 1 saturated heterocycles. The molecule has 3 heterocycles. The van der Waals surface area contributed by atoms with Crippen molar-refractivity contribution in [3.05, 3.63) is 59.2 Å². The van der Waals surface area contributed by atoms with Crippen LogP contribution in [0.1, 0.15) is 41.4 Å². The van der Waals surface area contributed by atoms with Gasteiger partial charge in [-0.3, -0.25) is 4.79 Å². The molecule has 1 aromatic carbocycles. The minimum atomic E-state index is -0.124. The molecule has 1 aliphatic heterocycles. The average molecular weight is 439 g/mol. The lowest BCUT2D eigenvalue weighted by Gasteiger charge is -2.35. The third-order valence-electron chi connectivity index (χ3n) is 4.97. The Balaban J connectivity index is 1.67. The highest BCUT2D eigenvalue weighted by Crippen LogP contribution is 2.25. The van der Waals surface area contributed by atoms with Crippen molar-refractivity contribution >= 4 is 17.7 Å². The summed E-state index contributed by atoms with van der Waals surface area (Å²) < 4.78 is 7.51. The number of aromatic nitrogens is 5. The van der Waals surface area contributed by atoms with Crippen molar-refractivity contribution in [3.8, 4) is 5.69 Å². The Bertz CT molecular complexity index is 1040. The van der Waals surface area contributed by atoms with Gasteiger partial charge in [0.2, 0.25) is 0 Å². The maximum absolute atomic E-state index is 13.4. The molecule has 162 valence electrons. The Morgan fingerprint density at radius 2 is 1.74 bits per heavy atom. The summed E-state index contributed by atoms with van der Waals surface area (Å²) in [5.74, 6) is 0.350. The monoisotopic (exact) mass is 438 g/mol. The van der Waals surface area contributed by atoms with Gasteiger partial charge in [0.1, 0.15) is 0 Å². The second-order valence-electron chi connectivity index (χ2n) is 7.82. The van der Waals surface area contributed by atoms with E-state index in [1.54, 1.807) is 9.58 Å². The first kappa shape index (κ1) is 21.5. The predicted molar refractivity (Wildman–Crippen MR) is 118 cm³/mol. The van der Waals surface area contributed by atoms with E-state index in [0.717, 1.165) is 22.8 Å². The first-order valence-corrected chi connectivity index (χ1v) is 11.3. The number of hydrogen-bond donors (Lipinski definition) is 0. The fourth-order valence-corrected chi connectivity index (χ4v) is 4.70. The van der Waals surface area contributed by atoms with E-state index in [1.807, 2.05) is 64.1 Å². The molecule has 2 unspecified atom stereocenters. The Morgan fingerprint density at radius 3 is 2.39 bits per heavy atom. The Morgan fingerprint density at radius 1 is 1.10 bits per heavy atom. The van der Waals surface area contributed by atoms with Crippen molar-refractivity contribution in [1.82, 2.24) is 29.9 Å². The number of morpholine rings is 1. The number of aryl methyl sites for hydroxylation is 2. The molecule has 31 heavy (non-hydrogen) atoms. The number of benzene rings is 1. The van der Waals surface area contributed by atoms with Gasteiger partial charge < -0.3 is 9.64 Å². The number of thioether (sulfide) groups is 1. The Labute approximate surface area is 186 Å². The number of hydrogen-bond acceptors (Lipinski definition) is 7. The lowest BCUT2D eigenvalue weighted by atomic mass is 10.2. The minimum Gasteiger partial charge on any atom is -0.372 e. The summed E-state index contributed by atoms with van der Waals surface area (Å²) in [4.78, 5) is 24.2. The molecule has 3 aromatic rings. The smallest absolute Gasteiger partial charge is 0.276 e. The number of rotatable bonds is 5. The molecule has 0 bridgehead atoms. The molecule has 0 N–H and O–H groups in total. The van der Waals surface area contributed by atoms with Crippen LogP contribution >= 0.6 is 11.8 Å². The molecule has 8 nitrogen and oxygen atoms in total. The summed E-state index contributed by atoms with van der Waals surface area (Å²) in [6.45, 7) is 8.92. The first-order chi connectivity index (χ1) is 14.9. The SMILES string of the molecule is Cc1cc(C)nc(SCc2c(C(=O)N3CC(C)OC(C)C3)nnn2-c2ccccc2)n1. The van der Waals surface area contributed by atoms with Gasteiger partial charge in [0.15, 0.2) is 10.9 Å². The number of ether oxygens (including phenoxy) is 1. The highest BCUT2D eigenvalue weighted by Gasteiger charge is 2.31. The molecule has 1 aliphatic rings. The van der Waals surface area contributed by atoms with Crippen LogP contribution in [-0.2, 0) is 10.5 Å². The maximum Gasteiger partial charge on any atom is 0.276 e. The molecule has 0 spiro atoms. The van der Waals surface area contributed by atoms with Crippen LogP contribution in [0.4, 0.5) is 0 Å². The van der Waals surface area contributed by atoms with E-state index in [1.165, 1.54) is 11.8 Å². The quantitative estimate of drug-likeness (QED) is 0.447. The van der Waals surface area contributed by atoms with E-state index in [2.05, 4.69) is 20.3 Å². The van der Waals surface area contributed by atoms with E-state index in [4.69, 9.17) is 4.74 Å². The van der Waals surface area contributed by atoms with Crippen LogP contribution in [0.25, 0.3) is 5.69 Å². The summed E-state index contributed by atoms with van der Waals surface area (Å²) in [5, 5.41) is 9.29. The van der Waals surface area contributed by atoms with Crippen LogP contribution in [0.3, 0.4) is 0 Å². The van der Waals surface area contributed by atoms with Crippen molar-refractivity contribution in [1.29, 1.82) is 0 Å².